The van der Waals surface area contributed by atoms with Gasteiger partial charge >= 0.3 is 0 Å². The van der Waals surface area contributed by atoms with Crippen LogP contribution in [0.15, 0.2) is 0 Å². The molecule has 1 aliphatic rings. The highest BCUT2D eigenvalue weighted by Crippen LogP contribution is 2.21. The summed E-state index contributed by atoms with van der Waals surface area (Å²) in [5.74, 6) is 0. The minimum absolute atomic E-state index is 0.680. The third kappa shape index (κ3) is 5.36. The van der Waals surface area contributed by atoms with E-state index in [4.69, 9.17) is 4.74 Å². The zero-order valence-corrected chi connectivity index (χ0v) is 11.9. The number of methoxy groups -OCH3 is 1. The predicted molar refractivity (Wildman–Crippen MR) is 73.5 cm³/mol. The lowest BCUT2D eigenvalue weighted by molar-refractivity contribution is 0.119. The fourth-order valence-electron chi connectivity index (χ4n) is 2.78. The predicted octanol–water partition coefficient (Wildman–Crippen LogP) is 2.27. The van der Waals surface area contributed by atoms with Gasteiger partial charge in [-0.1, -0.05) is 26.2 Å². The third-order valence-electron chi connectivity index (χ3n) is 3.85. The Kier molecular flexibility index (Phi) is 7.82. The first kappa shape index (κ1) is 14.9. The second-order valence-corrected chi connectivity index (χ2v) is 5.24. The normalized spacial score (nSPS) is 26.1. The molecule has 0 aliphatic heterocycles. The summed E-state index contributed by atoms with van der Waals surface area (Å²) >= 11 is 0. The van der Waals surface area contributed by atoms with Crippen molar-refractivity contribution in [3.05, 3.63) is 0 Å². The maximum absolute atomic E-state index is 5.19. The van der Waals surface area contributed by atoms with Crippen LogP contribution < -0.4 is 5.32 Å². The lowest BCUT2D eigenvalue weighted by Gasteiger charge is -2.34. The van der Waals surface area contributed by atoms with Gasteiger partial charge < -0.3 is 10.1 Å². The van der Waals surface area contributed by atoms with Gasteiger partial charge in [-0.05, 0) is 32.9 Å². The molecule has 2 atom stereocenters. The van der Waals surface area contributed by atoms with Crippen LogP contribution in [0.5, 0.6) is 0 Å². The summed E-state index contributed by atoms with van der Waals surface area (Å²) in [5, 5.41) is 3.74. The Balaban J connectivity index is 2.47. The van der Waals surface area contributed by atoms with Gasteiger partial charge in [0, 0.05) is 25.7 Å². The monoisotopic (exact) mass is 242 g/mol. The second-order valence-electron chi connectivity index (χ2n) is 5.24. The molecule has 3 heteroatoms. The molecule has 0 bridgehead atoms. The summed E-state index contributed by atoms with van der Waals surface area (Å²) in [7, 11) is 4.03. The fourth-order valence-corrected chi connectivity index (χ4v) is 2.78. The molecule has 0 heterocycles. The second kappa shape index (κ2) is 8.90. The van der Waals surface area contributed by atoms with E-state index in [2.05, 4.69) is 24.2 Å². The first-order chi connectivity index (χ1) is 8.29. The van der Waals surface area contributed by atoms with Crippen LogP contribution in [0.3, 0.4) is 0 Å². The highest BCUT2D eigenvalue weighted by atomic mass is 16.5. The molecular weight excluding hydrogens is 212 g/mol. The van der Waals surface area contributed by atoms with E-state index in [1.165, 1.54) is 38.5 Å². The number of nitrogens with one attached hydrogen (secondary N) is 1. The molecule has 0 aromatic rings. The molecule has 0 radical (unpaired) electrons. The highest BCUT2D eigenvalue weighted by Gasteiger charge is 2.25. The largest absolute Gasteiger partial charge is 0.383 e. The lowest BCUT2D eigenvalue weighted by atomic mass is 10.0. The average Bonchev–Trinajstić information content (AvgIpc) is 2.58. The van der Waals surface area contributed by atoms with Gasteiger partial charge in [0.2, 0.25) is 0 Å². The maximum Gasteiger partial charge on any atom is 0.0589 e. The molecule has 0 amide bonds. The molecule has 0 aromatic carbocycles. The van der Waals surface area contributed by atoms with E-state index in [1.807, 2.05) is 0 Å². The molecule has 17 heavy (non-hydrogen) atoms. The van der Waals surface area contributed by atoms with E-state index in [0.29, 0.717) is 12.1 Å². The molecule has 1 rings (SSSR count). The minimum atomic E-state index is 0.680. The van der Waals surface area contributed by atoms with E-state index in [0.717, 1.165) is 19.7 Å². The van der Waals surface area contributed by atoms with Gasteiger partial charge in [-0.2, -0.15) is 0 Å². The summed E-state index contributed by atoms with van der Waals surface area (Å²) < 4.78 is 5.19. The summed E-state index contributed by atoms with van der Waals surface area (Å²) in [6.07, 6.45) is 8.07. The topological polar surface area (TPSA) is 24.5 Å². The van der Waals surface area contributed by atoms with Gasteiger partial charge in [0.25, 0.3) is 0 Å². The maximum atomic E-state index is 5.19. The quantitative estimate of drug-likeness (QED) is 0.693. The van der Waals surface area contributed by atoms with Crippen molar-refractivity contribution in [2.24, 2.45) is 0 Å². The number of hydrogen-bond acceptors (Lipinski definition) is 3. The molecule has 1 N–H and O–H groups in total. The van der Waals surface area contributed by atoms with Crippen LogP contribution in [0.2, 0.25) is 0 Å². The van der Waals surface area contributed by atoms with Gasteiger partial charge in [0.15, 0.2) is 0 Å². The number of likely N-dealkylation sites (N-methyl/N-ethyl adjacent to an activating group) is 1. The van der Waals surface area contributed by atoms with Crippen molar-refractivity contribution >= 4 is 0 Å². The van der Waals surface area contributed by atoms with Gasteiger partial charge in [0.05, 0.1) is 6.61 Å². The Labute approximate surface area is 107 Å². The SMILES string of the molecule is CCCNC1CCCCCC1N(C)CCOC. The molecule has 1 fully saturated rings. The molecule has 0 spiro atoms. The molecule has 1 saturated carbocycles. The zero-order valence-electron chi connectivity index (χ0n) is 11.9. The fraction of sp³-hybridized carbons (Fsp3) is 1.00. The summed E-state index contributed by atoms with van der Waals surface area (Å²) in [4.78, 5) is 2.49. The lowest BCUT2D eigenvalue weighted by Crippen LogP contribution is -2.49. The van der Waals surface area contributed by atoms with Crippen molar-refractivity contribution in [1.29, 1.82) is 0 Å². The van der Waals surface area contributed by atoms with E-state index < -0.39 is 0 Å². The van der Waals surface area contributed by atoms with Crippen molar-refractivity contribution in [1.82, 2.24) is 10.2 Å². The average molecular weight is 242 g/mol. The van der Waals surface area contributed by atoms with Crippen LogP contribution in [-0.2, 0) is 4.74 Å². The van der Waals surface area contributed by atoms with E-state index in [-0.39, 0.29) is 0 Å². The summed E-state index contributed by atoms with van der Waals surface area (Å²) in [6, 6.07) is 1.37. The van der Waals surface area contributed by atoms with E-state index >= 15 is 0 Å². The van der Waals surface area contributed by atoms with Gasteiger partial charge in [-0.25, -0.2) is 0 Å². The van der Waals surface area contributed by atoms with E-state index in [9.17, 15) is 0 Å². The van der Waals surface area contributed by atoms with Crippen molar-refractivity contribution < 1.29 is 4.74 Å². The van der Waals surface area contributed by atoms with Crippen LogP contribution in [0, 0.1) is 0 Å². The smallest absolute Gasteiger partial charge is 0.0589 e. The molecule has 0 aromatic heterocycles. The first-order valence-electron chi connectivity index (χ1n) is 7.22. The molecule has 0 saturated heterocycles. The Morgan fingerprint density at radius 2 is 2.00 bits per heavy atom. The number of hydrogen-bond donors (Lipinski definition) is 1. The molecule has 1 aliphatic carbocycles. The van der Waals surface area contributed by atoms with Crippen molar-refractivity contribution in [2.45, 2.75) is 57.5 Å². The molecule has 102 valence electrons. The standard InChI is InChI=1S/C14H30N2O/c1-4-10-15-13-8-6-5-7-9-14(13)16(2)11-12-17-3/h13-15H,4-12H2,1-3H3. The van der Waals surface area contributed by atoms with E-state index in [1.54, 1.807) is 7.11 Å². The molecule has 3 nitrogen and oxygen atoms in total. The molecular formula is C14H30N2O. The summed E-state index contributed by atoms with van der Waals surface area (Å²) in [5.41, 5.74) is 0. The number of rotatable bonds is 7. The van der Waals surface area contributed by atoms with Crippen LogP contribution >= 0.6 is 0 Å². The van der Waals surface area contributed by atoms with Crippen molar-refractivity contribution in [3.63, 3.8) is 0 Å². The highest BCUT2D eigenvalue weighted by molar-refractivity contribution is 4.85. The van der Waals surface area contributed by atoms with Crippen molar-refractivity contribution in [3.8, 4) is 0 Å². The number of nitrogens with zero attached hydrogens (tertiary/aromatic N) is 1. The Morgan fingerprint density at radius 3 is 2.71 bits per heavy atom. The Morgan fingerprint density at radius 1 is 1.24 bits per heavy atom. The van der Waals surface area contributed by atoms with Crippen LogP contribution in [0.25, 0.3) is 0 Å². The van der Waals surface area contributed by atoms with Gasteiger partial charge in [0.1, 0.15) is 0 Å². The third-order valence-corrected chi connectivity index (χ3v) is 3.85. The van der Waals surface area contributed by atoms with Crippen LogP contribution in [0.1, 0.15) is 45.4 Å². The van der Waals surface area contributed by atoms with Crippen LogP contribution in [-0.4, -0.2) is 50.8 Å². The first-order valence-corrected chi connectivity index (χ1v) is 7.22. The van der Waals surface area contributed by atoms with Gasteiger partial charge in [-0.3, -0.25) is 4.90 Å². The Bertz CT molecular complexity index is 187. The van der Waals surface area contributed by atoms with Crippen molar-refractivity contribution in [2.75, 3.05) is 33.9 Å². The molecule has 2 unspecified atom stereocenters. The van der Waals surface area contributed by atoms with Crippen LogP contribution in [0.4, 0.5) is 0 Å². The zero-order chi connectivity index (χ0) is 12.5. The minimum Gasteiger partial charge on any atom is -0.383 e. The Hall–Kier alpha value is -0.120. The number of ether oxygens (including phenoxy) is 1. The van der Waals surface area contributed by atoms with Gasteiger partial charge in [-0.15, -0.1) is 0 Å². The summed E-state index contributed by atoms with van der Waals surface area (Å²) in [6.45, 7) is 5.28.